The monoisotopic (exact) mass is 327 g/mol. The molecule has 0 aromatic heterocycles. The SMILES string of the molecule is CCOCN(C(=O)C(Cl)CC)c1ccccc1OCC(C)C. The summed E-state index contributed by atoms with van der Waals surface area (Å²) in [4.78, 5) is 14.1. The second kappa shape index (κ2) is 9.70. The van der Waals surface area contributed by atoms with Crippen molar-refractivity contribution in [3.63, 3.8) is 0 Å². The third-order valence-corrected chi connectivity index (χ3v) is 3.54. The van der Waals surface area contributed by atoms with Gasteiger partial charge in [-0.25, -0.2) is 0 Å². The summed E-state index contributed by atoms with van der Waals surface area (Å²) in [6.07, 6.45) is 0.567. The maximum Gasteiger partial charge on any atom is 0.247 e. The predicted octanol–water partition coefficient (Wildman–Crippen LogP) is 4.07. The van der Waals surface area contributed by atoms with Gasteiger partial charge in [0.1, 0.15) is 17.9 Å². The minimum Gasteiger partial charge on any atom is -0.491 e. The fraction of sp³-hybridized carbons (Fsp3) is 0.588. The van der Waals surface area contributed by atoms with Crippen LogP contribution in [0.1, 0.15) is 34.1 Å². The van der Waals surface area contributed by atoms with E-state index in [1.54, 1.807) is 4.90 Å². The summed E-state index contributed by atoms with van der Waals surface area (Å²) in [7, 11) is 0. The number of rotatable bonds is 9. The predicted molar refractivity (Wildman–Crippen MR) is 90.7 cm³/mol. The Morgan fingerprint density at radius 2 is 1.95 bits per heavy atom. The third-order valence-electron chi connectivity index (χ3n) is 3.05. The van der Waals surface area contributed by atoms with E-state index in [-0.39, 0.29) is 12.6 Å². The molecular formula is C17H26ClNO3. The minimum atomic E-state index is -0.571. The summed E-state index contributed by atoms with van der Waals surface area (Å²) in [5, 5.41) is -0.571. The van der Waals surface area contributed by atoms with Gasteiger partial charge in [0, 0.05) is 6.61 Å². The fourth-order valence-electron chi connectivity index (χ4n) is 1.84. The Morgan fingerprint density at radius 3 is 2.55 bits per heavy atom. The number of halogens is 1. The van der Waals surface area contributed by atoms with Crippen LogP contribution in [-0.4, -0.2) is 31.2 Å². The Balaban J connectivity index is 3.04. The van der Waals surface area contributed by atoms with Crippen LogP contribution in [0.15, 0.2) is 24.3 Å². The molecule has 1 amide bonds. The molecule has 0 saturated heterocycles. The zero-order valence-electron chi connectivity index (χ0n) is 13.8. The molecule has 0 radical (unpaired) electrons. The second-order valence-electron chi connectivity index (χ2n) is 5.44. The van der Waals surface area contributed by atoms with Crippen molar-refractivity contribution < 1.29 is 14.3 Å². The highest BCUT2D eigenvalue weighted by Gasteiger charge is 2.24. The van der Waals surface area contributed by atoms with Crippen LogP contribution in [0.3, 0.4) is 0 Å². The summed E-state index contributed by atoms with van der Waals surface area (Å²) in [6.45, 7) is 9.22. The number of nitrogens with zero attached hydrogens (tertiary/aromatic N) is 1. The van der Waals surface area contributed by atoms with E-state index in [1.165, 1.54) is 0 Å². The zero-order valence-corrected chi connectivity index (χ0v) is 14.6. The standard InChI is InChI=1S/C17H26ClNO3/c1-5-14(18)17(20)19(12-21-6-2)15-9-7-8-10-16(15)22-11-13(3)4/h7-10,13-14H,5-6,11-12H2,1-4H3. The number of benzene rings is 1. The first-order chi connectivity index (χ1) is 10.5. The number of anilines is 1. The molecule has 0 N–H and O–H groups in total. The van der Waals surface area contributed by atoms with Crippen molar-refractivity contribution in [2.45, 2.75) is 39.5 Å². The van der Waals surface area contributed by atoms with E-state index in [9.17, 15) is 4.79 Å². The first-order valence-electron chi connectivity index (χ1n) is 7.76. The van der Waals surface area contributed by atoms with Gasteiger partial charge in [-0.15, -0.1) is 11.6 Å². The molecule has 1 aromatic carbocycles. The second-order valence-corrected chi connectivity index (χ2v) is 5.96. The Labute approximate surface area is 138 Å². The summed E-state index contributed by atoms with van der Waals surface area (Å²) in [5.74, 6) is 0.906. The molecule has 0 saturated carbocycles. The third kappa shape index (κ3) is 5.50. The van der Waals surface area contributed by atoms with Crippen LogP contribution >= 0.6 is 11.6 Å². The highest BCUT2D eigenvalue weighted by atomic mass is 35.5. The molecule has 0 spiro atoms. The minimum absolute atomic E-state index is 0.167. The van der Waals surface area contributed by atoms with Gasteiger partial charge in [0.05, 0.1) is 12.3 Å². The van der Waals surface area contributed by atoms with Crippen LogP contribution in [0, 0.1) is 5.92 Å². The number of alkyl halides is 1. The Bertz CT molecular complexity index is 465. The number of hydrogen-bond acceptors (Lipinski definition) is 3. The Morgan fingerprint density at radius 1 is 1.27 bits per heavy atom. The summed E-state index contributed by atoms with van der Waals surface area (Å²) in [5.41, 5.74) is 0.695. The van der Waals surface area contributed by atoms with Gasteiger partial charge in [-0.1, -0.05) is 32.9 Å². The number of carbonyl (C=O) groups is 1. The van der Waals surface area contributed by atoms with Gasteiger partial charge in [0.15, 0.2) is 0 Å². The van der Waals surface area contributed by atoms with Crippen LogP contribution in [0.4, 0.5) is 5.69 Å². The molecule has 0 fully saturated rings. The highest BCUT2D eigenvalue weighted by molar-refractivity contribution is 6.32. The number of amides is 1. The van der Waals surface area contributed by atoms with Crippen molar-refractivity contribution in [3.05, 3.63) is 24.3 Å². The van der Waals surface area contributed by atoms with Crippen LogP contribution in [-0.2, 0) is 9.53 Å². The first kappa shape index (κ1) is 18.8. The van der Waals surface area contributed by atoms with Crippen molar-refractivity contribution in [2.24, 2.45) is 5.92 Å². The van der Waals surface area contributed by atoms with Gasteiger partial charge in [-0.3, -0.25) is 9.69 Å². The van der Waals surface area contributed by atoms with Crippen molar-refractivity contribution in [1.29, 1.82) is 0 Å². The number of hydrogen-bond donors (Lipinski definition) is 0. The molecule has 1 unspecified atom stereocenters. The van der Waals surface area contributed by atoms with Crippen molar-refractivity contribution in [3.8, 4) is 5.75 Å². The summed E-state index contributed by atoms with van der Waals surface area (Å²) < 4.78 is 11.3. The quantitative estimate of drug-likeness (QED) is 0.507. The van der Waals surface area contributed by atoms with Crippen LogP contribution in [0.2, 0.25) is 0 Å². The molecule has 4 nitrogen and oxygen atoms in total. The van der Waals surface area contributed by atoms with Crippen molar-refractivity contribution >= 4 is 23.2 Å². The molecule has 1 aromatic rings. The van der Waals surface area contributed by atoms with Crippen molar-refractivity contribution in [1.82, 2.24) is 0 Å². The average Bonchev–Trinajstić information content (AvgIpc) is 2.53. The van der Waals surface area contributed by atoms with Gasteiger partial charge < -0.3 is 9.47 Å². The van der Waals surface area contributed by atoms with Gasteiger partial charge in [-0.05, 0) is 31.4 Å². The lowest BCUT2D eigenvalue weighted by Gasteiger charge is -2.26. The fourth-order valence-corrected chi connectivity index (χ4v) is 1.95. The molecule has 0 aliphatic carbocycles. The Kier molecular flexibility index (Phi) is 8.28. The van der Waals surface area contributed by atoms with E-state index in [2.05, 4.69) is 13.8 Å². The molecule has 0 aliphatic heterocycles. The average molecular weight is 328 g/mol. The molecular weight excluding hydrogens is 302 g/mol. The zero-order chi connectivity index (χ0) is 16.5. The molecule has 1 atom stereocenters. The van der Waals surface area contributed by atoms with Crippen LogP contribution < -0.4 is 9.64 Å². The van der Waals surface area contributed by atoms with Crippen molar-refractivity contribution in [2.75, 3.05) is 24.8 Å². The molecule has 0 heterocycles. The van der Waals surface area contributed by atoms with E-state index in [0.717, 1.165) is 0 Å². The van der Waals surface area contributed by atoms with Gasteiger partial charge in [0.25, 0.3) is 0 Å². The van der Waals surface area contributed by atoms with E-state index >= 15 is 0 Å². The maximum absolute atomic E-state index is 12.5. The van der Waals surface area contributed by atoms with Gasteiger partial charge >= 0.3 is 0 Å². The molecule has 0 bridgehead atoms. The van der Waals surface area contributed by atoms with Crippen LogP contribution in [0.5, 0.6) is 5.75 Å². The number of ether oxygens (including phenoxy) is 2. The summed E-state index contributed by atoms with van der Waals surface area (Å²) >= 11 is 6.13. The van der Waals surface area contributed by atoms with Crippen LogP contribution in [0.25, 0.3) is 0 Å². The normalized spacial score (nSPS) is 12.3. The lowest BCUT2D eigenvalue weighted by Crippen LogP contribution is -2.38. The van der Waals surface area contributed by atoms with Gasteiger partial charge in [-0.2, -0.15) is 0 Å². The smallest absolute Gasteiger partial charge is 0.247 e. The highest BCUT2D eigenvalue weighted by Crippen LogP contribution is 2.29. The maximum atomic E-state index is 12.5. The lowest BCUT2D eigenvalue weighted by molar-refractivity contribution is -0.119. The first-order valence-corrected chi connectivity index (χ1v) is 8.19. The topological polar surface area (TPSA) is 38.8 Å². The molecule has 1 rings (SSSR count). The van der Waals surface area contributed by atoms with E-state index in [4.69, 9.17) is 21.1 Å². The lowest BCUT2D eigenvalue weighted by atomic mass is 10.2. The number of para-hydroxylation sites is 2. The molecule has 22 heavy (non-hydrogen) atoms. The van der Waals surface area contributed by atoms with E-state index in [1.807, 2.05) is 38.1 Å². The van der Waals surface area contributed by atoms with E-state index < -0.39 is 5.38 Å². The Hall–Kier alpha value is -1.26. The van der Waals surface area contributed by atoms with Gasteiger partial charge in [0.2, 0.25) is 5.91 Å². The largest absolute Gasteiger partial charge is 0.491 e. The molecule has 5 heteroatoms. The van der Waals surface area contributed by atoms with E-state index in [0.29, 0.717) is 37.0 Å². The summed E-state index contributed by atoms with van der Waals surface area (Å²) in [6, 6.07) is 7.48. The molecule has 124 valence electrons. The number of carbonyl (C=O) groups excluding carboxylic acids is 1. The molecule has 0 aliphatic rings.